The molecule has 0 radical (unpaired) electrons. The second kappa shape index (κ2) is 7.87. The van der Waals surface area contributed by atoms with Crippen LogP contribution in [0, 0.1) is 12.3 Å². The second-order valence-electron chi connectivity index (χ2n) is 9.50. The fourth-order valence-corrected chi connectivity index (χ4v) is 6.15. The van der Waals surface area contributed by atoms with Crippen LogP contribution in [-0.2, 0) is 27.5 Å². The minimum Gasteiger partial charge on any atom is -0.465 e. The molecule has 0 aromatic carbocycles. The number of sulfone groups is 1. The molecule has 0 spiro atoms. The highest BCUT2D eigenvalue weighted by molar-refractivity contribution is 7.91. The van der Waals surface area contributed by atoms with Crippen molar-refractivity contribution in [3.8, 4) is 0 Å². The first-order chi connectivity index (χ1) is 13.4. The minimum absolute atomic E-state index is 0.0156. The fraction of sp³-hybridized carbons (Fsp3) is 0.714. The lowest BCUT2D eigenvalue weighted by Crippen LogP contribution is -2.45. The Hall–Kier alpha value is -1.67. The van der Waals surface area contributed by atoms with Gasteiger partial charge in [0.25, 0.3) is 0 Å². The van der Waals surface area contributed by atoms with Crippen molar-refractivity contribution in [1.82, 2.24) is 9.80 Å². The first-order valence-corrected chi connectivity index (χ1v) is 12.0. The summed E-state index contributed by atoms with van der Waals surface area (Å²) in [6.45, 7) is 7.00. The molecule has 3 rings (SSSR count). The van der Waals surface area contributed by atoms with Gasteiger partial charge >= 0.3 is 0 Å². The number of likely N-dealkylation sites (N-methyl/N-ethyl adjacent to an activating group) is 1. The largest absolute Gasteiger partial charge is 0.465 e. The van der Waals surface area contributed by atoms with Gasteiger partial charge in [-0.15, -0.1) is 0 Å². The van der Waals surface area contributed by atoms with Gasteiger partial charge in [-0.1, -0.05) is 13.8 Å². The molecule has 0 unspecified atom stereocenters. The standard InChI is InChI=1S/C21H32N2O5S/c1-14-16(20-17(24)11-21(2,3)12-18(20)28-14)10-19(25)23(8-7-22(4)5)15-6-9-29(26,27)13-15/h15H,6-13H2,1-5H3/t15-/m0/s1. The van der Waals surface area contributed by atoms with Crippen molar-refractivity contribution in [2.24, 2.45) is 5.41 Å². The summed E-state index contributed by atoms with van der Waals surface area (Å²) >= 11 is 0. The molecule has 0 bridgehead atoms. The Morgan fingerprint density at radius 1 is 1.21 bits per heavy atom. The van der Waals surface area contributed by atoms with Crippen LogP contribution in [0.4, 0.5) is 0 Å². The molecule has 1 fully saturated rings. The van der Waals surface area contributed by atoms with Crippen LogP contribution in [-0.4, -0.2) is 74.6 Å². The van der Waals surface area contributed by atoms with E-state index in [4.69, 9.17) is 4.42 Å². The third-order valence-electron chi connectivity index (χ3n) is 5.92. The first-order valence-electron chi connectivity index (χ1n) is 10.2. The molecule has 2 aliphatic rings. The van der Waals surface area contributed by atoms with E-state index in [2.05, 4.69) is 0 Å². The molecule has 1 aliphatic carbocycles. The number of Topliss-reactive ketones (excluding diaryl/α,β-unsaturated/α-hetero) is 1. The van der Waals surface area contributed by atoms with E-state index in [1.807, 2.05) is 32.8 Å². The monoisotopic (exact) mass is 424 g/mol. The zero-order valence-corrected chi connectivity index (χ0v) is 18.9. The van der Waals surface area contributed by atoms with E-state index in [0.717, 1.165) is 0 Å². The van der Waals surface area contributed by atoms with Crippen molar-refractivity contribution in [2.75, 3.05) is 38.7 Å². The van der Waals surface area contributed by atoms with Crippen LogP contribution in [0.2, 0.25) is 0 Å². The number of aryl methyl sites for hydroxylation is 1. The molecule has 2 heterocycles. The zero-order valence-electron chi connectivity index (χ0n) is 18.1. The van der Waals surface area contributed by atoms with Crippen LogP contribution in [0.1, 0.15) is 54.1 Å². The van der Waals surface area contributed by atoms with E-state index >= 15 is 0 Å². The number of carbonyl (C=O) groups excluding carboxylic acids is 2. The zero-order chi connectivity index (χ0) is 21.6. The molecular formula is C21H32N2O5S. The molecule has 0 saturated carbocycles. The number of carbonyl (C=O) groups is 2. The normalized spacial score (nSPS) is 22.7. The third-order valence-corrected chi connectivity index (χ3v) is 7.67. The fourth-order valence-electron chi connectivity index (χ4n) is 4.42. The maximum Gasteiger partial charge on any atom is 0.227 e. The van der Waals surface area contributed by atoms with Gasteiger partial charge in [-0.3, -0.25) is 9.59 Å². The molecule has 7 nitrogen and oxygen atoms in total. The number of hydrogen-bond acceptors (Lipinski definition) is 6. The second-order valence-corrected chi connectivity index (χ2v) is 11.7. The quantitative estimate of drug-likeness (QED) is 0.693. The topological polar surface area (TPSA) is 87.9 Å². The van der Waals surface area contributed by atoms with Crippen LogP contribution in [0.5, 0.6) is 0 Å². The Labute approximate surface area is 173 Å². The van der Waals surface area contributed by atoms with E-state index < -0.39 is 9.84 Å². The third kappa shape index (κ3) is 4.91. The van der Waals surface area contributed by atoms with Crippen molar-refractivity contribution in [3.63, 3.8) is 0 Å². The molecule has 1 aromatic rings. The molecule has 162 valence electrons. The summed E-state index contributed by atoms with van der Waals surface area (Å²) < 4.78 is 29.8. The lowest BCUT2D eigenvalue weighted by atomic mass is 9.75. The summed E-state index contributed by atoms with van der Waals surface area (Å²) in [6, 6.07) is -0.301. The maximum atomic E-state index is 13.3. The maximum absolute atomic E-state index is 13.3. The van der Waals surface area contributed by atoms with Crippen molar-refractivity contribution in [1.29, 1.82) is 0 Å². The molecular weight excluding hydrogens is 392 g/mol. The van der Waals surface area contributed by atoms with Crippen LogP contribution in [0.3, 0.4) is 0 Å². The van der Waals surface area contributed by atoms with E-state index in [-0.39, 0.29) is 41.1 Å². The predicted octanol–water partition coefficient (Wildman–Crippen LogP) is 1.86. The van der Waals surface area contributed by atoms with E-state index in [1.54, 1.807) is 11.8 Å². The summed E-state index contributed by atoms with van der Waals surface area (Å²) in [5.74, 6) is 1.31. The van der Waals surface area contributed by atoms with Gasteiger partial charge in [0.05, 0.1) is 23.5 Å². The van der Waals surface area contributed by atoms with Gasteiger partial charge in [0.2, 0.25) is 5.91 Å². The minimum atomic E-state index is -3.10. The molecule has 1 aromatic heterocycles. The van der Waals surface area contributed by atoms with Crippen molar-refractivity contribution < 1.29 is 22.4 Å². The Balaban J connectivity index is 1.85. The smallest absolute Gasteiger partial charge is 0.227 e. The number of furan rings is 1. The van der Waals surface area contributed by atoms with Crippen molar-refractivity contribution >= 4 is 21.5 Å². The van der Waals surface area contributed by atoms with Crippen LogP contribution < -0.4 is 0 Å². The average Bonchev–Trinajstić information content (AvgIpc) is 3.06. The van der Waals surface area contributed by atoms with Gasteiger partial charge in [-0.25, -0.2) is 8.42 Å². The van der Waals surface area contributed by atoms with E-state index in [9.17, 15) is 18.0 Å². The highest BCUT2D eigenvalue weighted by Crippen LogP contribution is 2.38. The highest BCUT2D eigenvalue weighted by Gasteiger charge is 2.38. The Morgan fingerprint density at radius 3 is 2.48 bits per heavy atom. The number of fused-ring (bicyclic) bond motifs is 1. The highest BCUT2D eigenvalue weighted by atomic mass is 32.2. The van der Waals surface area contributed by atoms with Gasteiger partial charge in [0, 0.05) is 37.5 Å². The number of hydrogen-bond donors (Lipinski definition) is 0. The SMILES string of the molecule is Cc1oc2c(c1CC(=O)N(CCN(C)C)[C@H]1CCS(=O)(=O)C1)C(=O)CC(C)(C)C2. The number of amides is 1. The molecule has 29 heavy (non-hydrogen) atoms. The Bertz CT molecular complexity index is 914. The Morgan fingerprint density at radius 2 is 1.90 bits per heavy atom. The Kier molecular flexibility index (Phi) is 5.98. The summed E-state index contributed by atoms with van der Waals surface area (Å²) in [5, 5.41) is 0. The van der Waals surface area contributed by atoms with Gasteiger partial charge in [0.15, 0.2) is 15.6 Å². The van der Waals surface area contributed by atoms with Crippen LogP contribution in [0.15, 0.2) is 4.42 Å². The summed E-state index contributed by atoms with van der Waals surface area (Å²) in [5.41, 5.74) is 1.09. The molecule has 1 atom stereocenters. The average molecular weight is 425 g/mol. The van der Waals surface area contributed by atoms with Gasteiger partial charge in [-0.05, 0) is 32.9 Å². The van der Waals surface area contributed by atoms with E-state index in [0.29, 0.717) is 55.0 Å². The van der Waals surface area contributed by atoms with Gasteiger partial charge in [-0.2, -0.15) is 0 Å². The first kappa shape index (κ1) is 22.0. The molecule has 1 amide bonds. The molecule has 1 saturated heterocycles. The lowest BCUT2D eigenvalue weighted by molar-refractivity contribution is -0.132. The van der Waals surface area contributed by atoms with Gasteiger partial charge < -0.3 is 14.2 Å². The molecule has 1 aliphatic heterocycles. The molecule has 0 N–H and O–H groups in total. The molecule has 8 heteroatoms. The lowest BCUT2D eigenvalue weighted by Gasteiger charge is -2.30. The number of rotatable bonds is 6. The van der Waals surface area contributed by atoms with Crippen molar-refractivity contribution in [3.05, 3.63) is 22.6 Å². The van der Waals surface area contributed by atoms with Crippen LogP contribution in [0.25, 0.3) is 0 Å². The van der Waals surface area contributed by atoms with Gasteiger partial charge in [0.1, 0.15) is 11.5 Å². The summed E-state index contributed by atoms with van der Waals surface area (Å²) in [6.07, 6.45) is 1.65. The number of ketones is 1. The van der Waals surface area contributed by atoms with Crippen LogP contribution >= 0.6 is 0 Å². The summed E-state index contributed by atoms with van der Waals surface area (Å²) in [4.78, 5) is 29.7. The predicted molar refractivity (Wildman–Crippen MR) is 111 cm³/mol. The number of nitrogens with zero attached hydrogens (tertiary/aromatic N) is 2. The van der Waals surface area contributed by atoms with E-state index in [1.165, 1.54) is 0 Å². The van der Waals surface area contributed by atoms with Crippen molar-refractivity contribution in [2.45, 2.75) is 52.5 Å². The summed E-state index contributed by atoms with van der Waals surface area (Å²) in [7, 11) is 0.744.